The van der Waals surface area contributed by atoms with E-state index in [1.807, 2.05) is 43.3 Å². The second kappa shape index (κ2) is 9.60. The van der Waals surface area contributed by atoms with Gasteiger partial charge < -0.3 is 20.2 Å². The molecule has 2 atom stereocenters. The van der Waals surface area contributed by atoms with Crippen LogP contribution < -0.4 is 15.1 Å². The van der Waals surface area contributed by atoms with E-state index in [1.54, 1.807) is 6.07 Å². The fourth-order valence-corrected chi connectivity index (χ4v) is 3.98. The van der Waals surface area contributed by atoms with Crippen molar-refractivity contribution in [2.24, 2.45) is 0 Å². The maximum absolute atomic E-state index is 12.9. The summed E-state index contributed by atoms with van der Waals surface area (Å²) in [6.07, 6.45) is 1.97. The van der Waals surface area contributed by atoms with Crippen LogP contribution in [0.4, 0.5) is 5.69 Å². The summed E-state index contributed by atoms with van der Waals surface area (Å²) in [5.41, 5.74) is 2.05. The van der Waals surface area contributed by atoms with Gasteiger partial charge in [-0.05, 0) is 31.0 Å². The van der Waals surface area contributed by atoms with Crippen LogP contribution >= 0.6 is 0 Å². The van der Waals surface area contributed by atoms with Gasteiger partial charge in [-0.25, -0.2) is 0 Å². The van der Waals surface area contributed by atoms with Crippen molar-refractivity contribution in [3.63, 3.8) is 0 Å². The van der Waals surface area contributed by atoms with Crippen LogP contribution in [0.3, 0.4) is 0 Å². The Labute approximate surface area is 168 Å². The number of carbonyl (C=O) groups is 1. The minimum atomic E-state index is -0.0883. The van der Waals surface area contributed by atoms with Gasteiger partial charge in [0.25, 0.3) is 5.91 Å². The molecular weight excluding hydrogens is 350 g/mol. The van der Waals surface area contributed by atoms with Crippen molar-refractivity contribution in [3.05, 3.63) is 60.2 Å². The molecule has 0 unspecified atom stereocenters. The molecule has 3 rings (SSSR count). The monoisotopic (exact) mass is 382 g/mol. The van der Waals surface area contributed by atoms with Gasteiger partial charge in [-0.15, -0.1) is 0 Å². The summed E-state index contributed by atoms with van der Waals surface area (Å²) in [6, 6.07) is 17.7. The molecule has 3 N–H and O–H groups in total. The molecule has 1 heterocycles. The normalized spacial score (nSPS) is 17.1. The average Bonchev–Trinajstić information content (AvgIpc) is 2.74. The third kappa shape index (κ3) is 4.84. The molecule has 0 saturated carbocycles. The quantitative estimate of drug-likeness (QED) is 0.688. The third-order valence-electron chi connectivity index (χ3n) is 5.73. The number of benzene rings is 2. The highest BCUT2D eigenvalue weighted by Crippen LogP contribution is 2.26. The highest BCUT2D eigenvalue weighted by molar-refractivity contribution is 5.80. The number of piperazine rings is 1. The number of hydrogen-bond acceptors (Lipinski definition) is 3. The second-order valence-electron chi connectivity index (χ2n) is 7.62. The molecule has 0 spiro atoms. The summed E-state index contributed by atoms with van der Waals surface area (Å²) in [4.78, 5) is 16.4. The van der Waals surface area contributed by atoms with E-state index >= 15 is 0 Å². The average molecular weight is 383 g/mol. The summed E-state index contributed by atoms with van der Waals surface area (Å²) in [5.74, 6) is 0.440. The van der Waals surface area contributed by atoms with Gasteiger partial charge >= 0.3 is 0 Å². The highest BCUT2D eigenvalue weighted by atomic mass is 16.3. The number of para-hydroxylation sites is 2. The van der Waals surface area contributed by atoms with Crippen molar-refractivity contribution < 1.29 is 14.8 Å². The maximum atomic E-state index is 12.9. The van der Waals surface area contributed by atoms with E-state index in [2.05, 4.69) is 29.3 Å². The lowest BCUT2D eigenvalue weighted by molar-refractivity contribution is -0.914. The molecule has 1 aliphatic rings. The van der Waals surface area contributed by atoms with E-state index in [0.29, 0.717) is 5.75 Å². The maximum Gasteiger partial charge on any atom is 0.278 e. The van der Waals surface area contributed by atoms with Gasteiger partial charge in [0.2, 0.25) is 0 Å². The Morgan fingerprint density at radius 2 is 1.75 bits per heavy atom. The minimum Gasteiger partial charge on any atom is -0.506 e. The number of hydrogen-bond donors (Lipinski definition) is 3. The van der Waals surface area contributed by atoms with Gasteiger partial charge in [-0.1, -0.05) is 55.8 Å². The van der Waals surface area contributed by atoms with Crippen LogP contribution in [0.2, 0.25) is 0 Å². The topological polar surface area (TPSA) is 57.0 Å². The van der Waals surface area contributed by atoms with E-state index in [0.717, 1.165) is 44.7 Å². The van der Waals surface area contributed by atoms with Crippen molar-refractivity contribution in [1.82, 2.24) is 5.32 Å². The molecule has 0 aliphatic carbocycles. The predicted molar refractivity (Wildman–Crippen MR) is 113 cm³/mol. The Balaban J connectivity index is 1.57. The molecule has 1 fully saturated rings. The van der Waals surface area contributed by atoms with Crippen LogP contribution in [0.25, 0.3) is 0 Å². The number of rotatable bonds is 7. The van der Waals surface area contributed by atoms with E-state index in [-0.39, 0.29) is 18.0 Å². The van der Waals surface area contributed by atoms with Crippen molar-refractivity contribution in [2.45, 2.75) is 38.8 Å². The van der Waals surface area contributed by atoms with Gasteiger partial charge in [-0.2, -0.15) is 0 Å². The van der Waals surface area contributed by atoms with E-state index in [9.17, 15) is 9.90 Å². The zero-order valence-electron chi connectivity index (χ0n) is 16.9. The largest absolute Gasteiger partial charge is 0.506 e. The third-order valence-corrected chi connectivity index (χ3v) is 5.73. The summed E-state index contributed by atoms with van der Waals surface area (Å²) >= 11 is 0. The van der Waals surface area contributed by atoms with Gasteiger partial charge in [-0.3, -0.25) is 4.79 Å². The van der Waals surface area contributed by atoms with Gasteiger partial charge in [0.15, 0.2) is 6.04 Å². The molecule has 1 amide bonds. The first kappa shape index (κ1) is 20.2. The Hall–Kier alpha value is -2.53. The van der Waals surface area contributed by atoms with Crippen LogP contribution in [0, 0.1) is 0 Å². The first-order valence-electron chi connectivity index (χ1n) is 10.3. The smallest absolute Gasteiger partial charge is 0.278 e. The number of phenols is 1. The number of nitrogens with zero attached hydrogens (tertiary/aromatic N) is 1. The summed E-state index contributed by atoms with van der Waals surface area (Å²) in [6.45, 7) is 7.60. The lowest BCUT2D eigenvalue weighted by Crippen LogP contribution is -3.19. The van der Waals surface area contributed by atoms with E-state index in [1.165, 1.54) is 10.5 Å². The number of quaternary nitrogens is 1. The van der Waals surface area contributed by atoms with Crippen molar-refractivity contribution in [2.75, 3.05) is 31.1 Å². The summed E-state index contributed by atoms with van der Waals surface area (Å²) in [7, 11) is 0. The van der Waals surface area contributed by atoms with Crippen molar-refractivity contribution >= 4 is 11.6 Å². The SMILES string of the molecule is CCC[C@H](NC(=O)[C@@H](C)[NH+]1CCN(c2ccccc2O)CC1)c1ccccc1. The Morgan fingerprint density at radius 1 is 1.11 bits per heavy atom. The van der Waals surface area contributed by atoms with Crippen LogP contribution in [0.1, 0.15) is 38.3 Å². The molecular formula is C23H32N3O2+. The summed E-state index contributed by atoms with van der Waals surface area (Å²) in [5, 5.41) is 13.3. The predicted octanol–water partition coefficient (Wildman–Crippen LogP) is 2.14. The standard InChI is InChI=1S/C23H31N3O2/c1-3-9-20(19-10-5-4-6-11-19)24-23(28)18(2)25-14-16-26(17-15-25)21-12-7-8-13-22(21)27/h4-8,10-13,18,20,27H,3,9,14-17H2,1-2H3,(H,24,28)/p+1/t18-,20+/m1/s1. The Kier molecular flexibility index (Phi) is 6.93. The number of aromatic hydroxyl groups is 1. The van der Waals surface area contributed by atoms with E-state index < -0.39 is 0 Å². The number of amides is 1. The van der Waals surface area contributed by atoms with Crippen LogP contribution in [-0.2, 0) is 4.79 Å². The van der Waals surface area contributed by atoms with Crippen molar-refractivity contribution in [3.8, 4) is 5.75 Å². The molecule has 28 heavy (non-hydrogen) atoms. The lowest BCUT2D eigenvalue weighted by Gasteiger charge is -2.36. The second-order valence-corrected chi connectivity index (χ2v) is 7.62. The molecule has 2 aromatic carbocycles. The number of nitrogens with one attached hydrogen (secondary N) is 2. The molecule has 5 heteroatoms. The molecule has 150 valence electrons. The number of phenolic OH excluding ortho intramolecular Hbond substituents is 1. The molecule has 1 aliphatic heterocycles. The number of anilines is 1. The first-order chi connectivity index (χ1) is 13.6. The van der Waals surface area contributed by atoms with E-state index in [4.69, 9.17) is 0 Å². The van der Waals surface area contributed by atoms with Crippen molar-refractivity contribution in [1.29, 1.82) is 0 Å². The Morgan fingerprint density at radius 3 is 2.39 bits per heavy atom. The summed E-state index contributed by atoms with van der Waals surface area (Å²) < 4.78 is 0. The van der Waals surface area contributed by atoms with Gasteiger partial charge in [0.05, 0.1) is 37.9 Å². The zero-order valence-corrected chi connectivity index (χ0v) is 16.9. The molecule has 5 nitrogen and oxygen atoms in total. The van der Waals surface area contributed by atoms with Crippen LogP contribution in [0.5, 0.6) is 5.75 Å². The van der Waals surface area contributed by atoms with Crippen LogP contribution in [0.15, 0.2) is 54.6 Å². The fraction of sp³-hybridized carbons (Fsp3) is 0.435. The Bertz CT molecular complexity index is 757. The van der Waals surface area contributed by atoms with Crippen LogP contribution in [-0.4, -0.2) is 43.2 Å². The zero-order chi connectivity index (χ0) is 19.9. The molecule has 0 bridgehead atoms. The number of carbonyl (C=O) groups excluding carboxylic acids is 1. The molecule has 1 saturated heterocycles. The van der Waals surface area contributed by atoms with Gasteiger partial charge in [0.1, 0.15) is 5.75 Å². The highest BCUT2D eigenvalue weighted by Gasteiger charge is 2.31. The lowest BCUT2D eigenvalue weighted by atomic mass is 10.0. The fourth-order valence-electron chi connectivity index (χ4n) is 3.98. The molecule has 2 aromatic rings. The molecule has 0 radical (unpaired) electrons. The minimum absolute atomic E-state index is 0.0723. The first-order valence-corrected chi connectivity index (χ1v) is 10.3. The molecule has 0 aromatic heterocycles. The van der Waals surface area contributed by atoms with Gasteiger partial charge in [0, 0.05) is 0 Å².